The van der Waals surface area contributed by atoms with E-state index >= 15 is 0 Å². The van der Waals surface area contributed by atoms with Crippen molar-refractivity contribution in [3.05, 3.63) is 59.9 Å². The molecule has 1 saturated heterocycles. The molecule has 156 valence electrons. The van der Waals surface area contributed by atoms with Gasteiger partial charge < -0.3 is 19.4 Å². The summed E-state index contributed by atoms with van der Waals surface area (Å²) in [5.41, 5.74) is 0.758. The molecular weight excluding hydrogens is 414 g/mol. The van der Waals surface area contributed by atoms with Crippen LogP contribution in [-0.4, -0.2) is 48.8 Å². The fourth-order valence-corrected chi connectivity index (χ4v) is 3.86. The van der Waals surface area contributed by atoms with Gasteiger partial charge in [0.25, 0.3) is 5.91 Å². The van der Waals surface area contributed by atoms with Crippen molar-refractivity contribution in [3.8, 4) is 0 Å². The highest BCUT2D eigenvalue weighted by atomic mass is 32.2. The Morgan fingerprint density at radius 1 is 1.10 bits per heavy atom. The highest BCUT2D eigenvalue weighted by Gasteiger charge is 2.27. The molecule has 1 aliphatic heterocycles. The third kappa shape index (κ3) is 4.31. The lowest BCUT2D eigenvalue weighted by molar-refractivity contribution is -0.113. The zero-order valence-corrected chi connectivity index (χ0v) is 16.6. The van der Waals surface area contributed by atoms with E-state index in [0.717, 1.165) is 23.9 Å². The van der Waals surface area contributed by atoms with Crippen LogP contribution in [0.25, 0.3) is 11.0 Å². The molecule has 1 aliphatic rings. The zero-order chi connectivity index (χ0) is 21.1. The van der Waals surface area contributed by atoms with Gasteiger partial charge in [0.05, 0.1) is 19.0 Å². The number of hydrogen-bond acceptors (Lipinski definition) is 5. The SMILES string of the molecule is O=C(CSc1ccc(F)cc1F)Nc1c(C(=O)N2CCOCC2)oc2ccccc12. The summed E-state index contributed by atoms with van der Waals surface area (Å²) >= 11 is 0.937. The summed E-state index contributed by atoms with van der Waals surface area (Å²) in [5, 5.41) is 3.32. The van der Waals surface area contributed by atoms with Crippen LogP contribution in [0.4, 0.5) is 14.5 Å². The van der Waals surface area contributed by atoms with E-state index in [2.05, 4.69) is 5.32 Å². The molecule has 6 nitrogen and oxygen atoms in total. The number of rotatable bonds is 5. The maximum absolute atomic E-state index is 13.8. The van der Waals surface area contributed by atoms with Crippen molar-refractivity contribution in [1.82, 2.24) is 4.90 Å². The first-order chi connectivity index (χ1) is 14.5. The number of hydrogen-bond donors (Lipinski definition) is 1. The smallest absolute Gasteiger partial charge is 0.291 e. The molecule has 9 heteroatoms. The van der Waals surface area contributed by atoms with E-state index in [1.165, 1.54) is 6.07 Å². The van der Waals surface area contributed by atoms with E-state index < -0.39 is 17.5 Å². The predicted molar refractivity (Wildman–Crippen MR) is 109 cm³/mol. The predicted octanol–water partition coefficient (Wildman–Crippen LogP) is 3.91. The van der Waals surface area contributed by atoms with Crippen LogP contribution in [0.15, 0.2) is 51.8 Å². The van der Waals surface area contributed by atoms with Crippen LogP contribution >= 0.6 is 11.8 Å². The number of anilines is 1. The van der Waals surface area contributed by atoms with Gasteiger partial charge in [-0.2, -0.15) is 0 Å². The van der Waals surface area contributed by atoms with E-state index in [0.29, 0.717) is 37.3 Å². The lowest BCUT2D eigenvalue weighted by Gasteiger charge is -2.26. The van der Waals surface area contributed by atoms with Crippen molar-refractivity contribution in [3.63, 3.8) is 0 Å². The zero-order valence-electron chi connectivity index (χ0n) is 15.8. The Morgan fingerprint density at radius 2 is 1.87 bits per heavy atom. The summed E-state index contributed by atoms with van der Waals surface area (Å²) in [6, 6.07) is 10.2. The molecule has 0 bridgehead atoms. The van der Waals surface area contributed by atoms with Crippen molar-refractivity contribution >= 4 is 40.2 Å². The van der Waals surface area contributed by atoms with Crippen LogP contribution in [0.3, 0.4) is 0 Å². The normalized spacial score (nSPS) is 14.1. The molecule has 0 spiro atoms. The second-order valence-electron chi connectivity index (χ2n) is 6.62. The van der Waals surface area contributed by atoms with Crippen molar-refractivity contribution in [2.75, 3.05) is 37.4 Å². The summed E-state index contributed by atoms with van der Waals surface area (Å²) in [6.07, 6.45) is 0. The van der Waals surface area contributed by atoms with Crippen LogP contribution in [0, 0.1) is 11.6 Å². The molecule has 0 saturated carbocycles. The minimum Gasteiger partial charge on any atom is -0.449 e. The average molecular weight is 432 g/mol. The molecule has 2 amide bonds. The summed E-state index contributed by atoms with van der Waals surface area (Å²) in [4.78, 5) is 27.3. The number of nitrogens with zero attached hydrogens (tertiary/aromatic N) is 1. The molecule has 4 rings (SSSR count). The number of carbonyl (C=O) groups is 2. The monoisotopic (exact) mass is 432 g/mol. The Kier molecular flexibility index (Phi) is 6.01. The van der Waals surface area contributed by atoms with E-state index in [4.69, 9.17) is 9.15 Å². The minimum absolute atomic E-state index is 0.0458. The Labute approximate surface area is 175 Å². The number of fused-ring (bicyclic) bond motifs is 1. The Morgan fingerprint density at radius 3 is 2.63 bits per heavy atom. The van der Waals surface area contributed by atoms with Gasteiger partial charge in [-0.25, -0.2) is 8.78 Å². The number of carbonyl (C=O) groups excluding carboxylic acids is 2. The molecule has 0 atom stereocenters. The van der Waals surface area contributed by atoms with Crippen LogP contribution in [0.5, 0.6) is 0 Å². The molecule has 1 N–H and O–H groups in total. The molecule has 2 heterocycles. The first kappa shape index (κ1) is 20.4. The Bertz CT molecular complexity index is 1100. The van der Waals surface area contributed by atoms with Gasteiger partial charge in [0.15, 0.2) is 0 Å². The summed E-state index contributed by atoms with van der Waals surface area (Å²) in [5.74, 6) is -2.26. The average Bonchev–Trinajstić information content (AvgIpc) is 3.11. The number of furan rings is 1. The third-order valence-electron chi connectivity index (χ3n) is 4.61. The molecule has 1 aromatic heterocycles. The fourth-order valence-electron chi connectivity index (χ4n) is 3.14. The highest BCUT2D eigenvalue weighted by molar-refractivity contribution is 8.00. The number of amides is 2. The van der Waals surface area contributed by atoms with Gasteiger partial charge in [-0.1, -0.05) is 12.1 Å². The second kappa shape index (κ2) is 8.85. The highest BCUT2D eigenvalue weighted by Crippen LogP contribution is 2.32. The van der Waals surface area contributed by atoms with Crippen LogP contribution in [-0.2, 0) is 9.53 Å². The van der Waals surface area contributed by atoms with Crippen molar-refractivity contribution < 1.29 is 27.5 Å². The van der Waals surface area contributed by atoms with Gasteiger partial charge in [-0.15, -0.1) is 11.8 Å². The maximum Gasteiger partial charge on any atom is 0.291 e. The van der Waals surface area contributed by atoms with E-state index in [1.807, 2.05) is 0 Å². The number of nitrogens with one attached hydrogen (secondary N) is 1. The fraction of sp³-hybridized carbons (Fsp3) is 0.238. The lowest BCUT2D eigenvalue weighted by atomic mass is 10.2. The van der Waals surface area contributed by atoms with Crippen molar-refractivity contribution in [2.45, 2.75) is 4.90 Å². The first-order valence-electron chi connectivity index (χ1n) is 9.29. The van der Waals surface area contributed by atoms with E-state index in [1.54, 1.807) is 29.2 Å². The maximum atomic E-state index is 13.8. The summed E-state index contributed by atoms with van der Waals surface area (Å²) < 4.78 is 37.9. The summed E-state index contributed by atoms with van der Waals surface area (Å²) in [7, 11) is 0. The van der Waals surface area contributed by atoms with Crippen LogP contribution in [0.1, 0.15) is 10.6 Å². The van der Waals surface area contributed by atoms with Gasteiger partial charge in [-0.3, -0.25) is 9.59 Å². The lowest BCUT2D eigenvalue weighted by Crippen LogP contribution is -2.40. The van der Waals surface area contributed by atoms with Crippen LogP contribution < -0.4 is 5.32 Å². The Hall–Kier alpha value is -2.91. The first-order valence-corrected chi connectivity index (χ1v) is 10.3. The Balaban J connectivity index is 1.54. The molecule has 0 unspecified atom stereocenters. The largest absolute Gasteiger partial charge is 0.449 e. The molecular formula is C21H18F2N2O4S. The molecule has 30 heavy (non-hydrogen) atoms. The number of ether oxygens (including phenoxy) is 1. The summed E-state index contributed by atoms with van der Waals surface area (Å²) in [6.45, 7) is 1.74. The molecule has 1 fully saturated rings. The van der Waals surface area contributed by atoms with Gasteiger partial charge in [0, 0.05) is 29.4 Å². The number of thioether (sulfide) groups is 1. The molecule has 3 aromatic rings. The van der Waals surface area contributed by atoms with Crippen molar-refractivity contribution in [2.24, 2.45) is 0 Å². The van der Waals surface area contributed by atoms with Gasteiger partial charge in [0.2, 0.25) is 11.7 Å². The second-order valence-corrected chi connectivity index (χ2v) is 7.64. The minimum atomic E-state index is -0.732. The number of morpholine rings is 1. The topological polar surface area (TPSA) is 71.8 Å². The number of halogens is 2. The standard InChI is InChI=1S/C21H18F2N2O4S/c22-13-5-6-17(15(23)11-13)30-12-18(26)24-19-14-3-1-2-4-16(14)29-20(19)21(27)25-7-9-28-10-8-25/h1-6,11H,7-10,12H2,(H,24,26). The quantitative estimate of drug-likeness (QED) is 0.619. The van der Waals surface area contributed by atoms with Gasteiger partial charge >= 0.3 is 0 Å². The van der Waals surface area contributed by atoms with Crippen molar-refractivity contribution in [1.29, 1.82) is 0 Å². The number of para-hydroxylation sites is 1. The molecule has 2 aromatic carbocycles. The third-order valence-corrected chi connectivity index (χ3v) is 5.65. The van der Waals surface area contributed by atoms with E-state index in [-0.39, 0.29) is 28.0 Å². The van der Waals surface area contributed by atoms with Gasteiger partial charge in [0.1, 0.15) is 22.9 Å². The van der Waals surface area contributed by atoms with Crippen LogP contribution in [0.2, 0.25) is 0 Å². The van der Waals surface area contributed by atoms with E-state index in [9.17, 15) is 18.4 Å². The number of benzene rings is 2. The van der Waals surface area contributed by atoms with Gasteiger partial charge in [-0.05, 0) is 24.3 Å². The molecule has 0 aliphatic carbocycles. The molecule has 0 radical (unpaired) electrons.